The van der Waals surface area contributed by atoms with Crippen LogP contribution in [0, 0.1) is 5.82 Å². The average Bonchev–Trinajstić information content (AvgIpc) is 2.67. The second-order valence-electron chi connectivity index (χ2n) is 5.89. The van der Waals surface area contributed by atoms with Crippen LogP contribution in [0.1, 0.15) is 23.6 Å². The number of nitrogens with one attached hydrogen (secondary N) is 2. The molecule has 0 saturated carbocycles. The van der Waals surface area contributed by atoms with Gasteiger partial charge in [0.25, 0.3) is 5.56 Å². The fraction of sp³-hybridized carbons (Fsp3) is 0.158. The van der Waals surface area contributed by atoms with Gasteiger partial charge in [0, 0.05) is 37.6 Å². The maximum atomic E-state index is 13.2. The topological polar surface area (TPSA) is 96.9 Å². The fourth-order valence-corrected chi connectivity index (χ4v) is 2.65. The third-order valence-electron chi connectivity index (χ3n) is 4.02. The van der Waals surface area contributed by atoms with Gasteiger partial charge in [-0.15, -0.1) is 0 Å². The summed E-state index contributed by atoms with van der Waals surface area (Å²) in [7, 11) is 0. The summed E-state index contributed by atoms with van der Waals surface area (Å²) in [6.07, 6.45) is 4.60. The number of pyridine rings is 1. The van der Waals surface area contributed by atoms with Crippen molar-refractivity contribution in [2.75, 3.05) is 0 Å². The lowest BCUT2D eigenvalue weighted by Gasteiger charge is -2.20. The molecule has 0 radical (unpaired) electrons. The van der Waals surface area contributed by atoms with E-state index in [-0.39, 0.29) is 24.7 Å². The van der Waals surface area contributed by atoms with E-state index in [0.29, 0.717) is 0 Å². The van der Waals surface area contributed by atoms with Crippen molar-refractivity contribution in [3.63, 3.8) is 0 Å². The number of nitrogens with zero attached hydrogens (tertiary/aromatic N) is 2. The van der Waals surface area contributed by atoms with E-state index in [9.17, 15) is 18.8 Å². The van der Waals surface area contributed by atoms with Gasteiger partial charge in [0.05, 0.1) is 6.04 Å². The molecule has 0 unspecified atom stereocenters. The van der Waals surface area contributed by atoms with E-state index >= 15 is 0 Å². The monoisotopic (exact) mass is 368 g/mol. The van der Waals surface area contributed by atoms with Crippen LogP contribution in [0.25, 0.3) is 0 Å². The van der Waals surface area contributed by atoms with Gasteiger partial charge < -0.3 is 9.88 Å². The Morgan fingerprint density at radius 3 is 2.41 bits per heavy atom. The van der Waals surface area contributed by atoms with Crippen molar-refractivity contribution in [2.45, 2.75) is 19.0 Å². The molecule has 3 aromatic rings. The summed E-state index contributed by atoms with van der Waals surface area (Å²) in [6.45, 7) is 0.119. The Hall–Kier alpha value is -3.55. The van der Waals surface area contributed by atoms with E-state index in [2.05, 4.69) is 15.3 Å². The van der Waals surface area contributed by atoms with Crippen molar-refractivity contribution in [2.24, 2.45) is 0 Å². The minimum atomic E-state index is -0.570. The van der Waals surface area contributed by atoms with Crippen molar-refractivity contribution in [3.05, 3.63) is 98.8 Å². The first-order valence-corrected chi connectivity index (χ1v) is 8.27. The summed E-state index contributed by atoms with van der Waals surface area (Å²) in [5, 5.41) is 2.89. The van der Waals surface area contributed by atoms with Gasteiger partial charge in [0.15, 0.2) is 0 Å². The molecule has 8 heteroatoms. The zero-order valence-electron chi connectivity index (χ0n) is 14.3. The van der Waals surface area contributed by atoms with Crippen molar-refractivity contribution < 1.29 is 9.18 Å². The maximum absolute atomic E-state index is 13.2. The SMILES string of the molecule is O=C(CCn1ccc(=O)[nH]c1=O)N[C@@H](c1ccncc1)c1ccc(F)cc1. The lowest BCUT2D eigenvalue weighted by molar-refractivity contribution is -0.121. The molecule has 1 atom stereocenters. The maximum Gasteiger partial charge on any atom is 0.328 e. The summed E-state index contributed by atoms with van der Waals surface area (Å²) in [5.74, 6) is -0.657. The summed E-state index contributed by atoms with van der Waals surface area (Å²) >= 11 is 0. The predicted molar refractivity (Wildman–Crippen MR) is 96.6 cm³/mol. The average molecular weight is 368 g/mol. The van der Waals surface area contributed by atoms with E-state index in [1.807, 2.05) is 0 Å². The van der Waals surface area contributed by atoms with Crippen molar-refractivity contribution in [1.29, 1.82) is 0 Å². The summed E-state index contributed by atoms with van der Waals surface area (Å²) < 4.78 is 14.5. The molecule has 0 aliphatic rings. The predicted octanol–water partition coefficient (Wildman–Crippen LogP) is 1.37. The molecular formula is C19H17FN4O3. The van der Waals surface area contributed by atoms with Gasteiger partial charge in [0.1, 0.15) is 5.82 Å². The molecule has 3 rings (SSSR count). The molecule has 0 aliphatic heterocycles. The first kappa shape index (κ1) is 18.2. The summed E-state index contributed by atoms with van der Waals surface area (Å²) in [5.41, 5.74) is 0.456. The second kappa shape index (κ2) is 8.22. The Labute approximate surface area is 153 Å². The minimum Gasteiger partial charge on any atom is -0.345 e. The van der Waals surface area contributed by atoms with Gasteiger partial charge in [0.2, 0.25) is 5.91 Å². The van der Waals surface area contributed by atoms with Gasteiger partial charge in [-0.05, 0) is 35.4 Å². The molecule has 2 heterocycles. The van der Waals surface area contributed by atoms with Crippen LogP contribution in [0.3, 0.4) is 0 Å². The molecule has 0 spiro atoms. The first-order chi connectivity index (χ1) is 13.0. The zero-order valence-corrected chi connectivity index (χ0v) is 14.3. The van der Waals surface area contributed by atoms with Gasteiger partial charge in [-0.1, -0.05) is 12.1 Å². The first-order valence-electron chi connectivity index (χ1n) is 8.27. The van der Waals surface area contributed by atoms with Crippen LogP contribution in [0.2, 0.25) is 0 Å². The Morgan fingerprint density at radius 2 is 1.74 bits per heavy atom. The number of hydrogen-bond donors (Lipinski definition) is 2. The smallest absolute Gasteiger partial charge is 0.328 e. The number of carbonyl (C=O) groups is 1. The Bertz CT molecular complexity index is 1030. The standard InChI is InChI=1S/C19H17FN4O3/c20-15-3-1-13(2-4-15)18(14-5-9-21-10-6-14)22-16(25)7-11-24-12-8-17(26)23-19(24)27/h1-6,8-10,12,18H,7,11H2,(H,22,25)(H,23,26,27)/t18-/m1/s1. The van der Waals surface area contributed by atoms with Crippen LogP contribution in [-0.2, 0) is 11.3 Å². The number of aromatic amines is 1. The van der Waals surface area contributed by atoms with Gasteiger partial charge in [-0.25, -0.2) is 9.18 Å². The molecule has 1 aromatic carbocycles. The number of halogens is 1. The summed E-state index contributed by atoms with van der Waals surface area (Å²) in [4.78, 5) is 41.3. The number of rotatable bonds is 6. The molecule has 138 valence electrons. The lowest BCUT2D eigenvalue weighted by Crippen LogP contribution is -2.33. The molecule has 0 fully saturated rings. The van der Waals surface area contributed by atoms with E-state index < -0.39 is 17.3 Å². The quantitative estimate of drug-likeness (QED) is 0.687. The normalized spacial score (nSPS) is 11.7. The Kier molecular flexibility index (Phi) is 5.55. The number of benzene rings is 1. The molecular weight excluding hydrogens is 351 g/mol. The van der Waals surface area contributed by atoms with Gasteiger partial charge in [-0.3, -0.25) is 19.6 Å². The highest BCUT2D eigenvalue weighted by Crippen LogP contribution is 2.22. The molecule has 0 aliphatic carbocycles. The van der Waals surface area contributed by atoms with E-state index in [0.717, 1.165) is 11.1 Å². The lowest BCUT2D eigenvalue weighted by atomic mass is 9.99. The number of hydrogen-bond acceptors (Lipinski definition) is 4. The van der Waals surface area contributed by atoms with E-state index in [1.54, 1.807) is 36.7 Å². The van der Waals surface area contributed by atoms with Crippen LogP contribution < -0.4 is 16.6 Å². The number of amides is 1. The number of carbonyl (C=O) groups excluding carboxylic acids is 1. The summed E-state index contributed by atoms with van der Waals surface area (Å²) in [6, 6.07) is 10.1. The largest absolute Gasteiger partial charge is 0.345 e. The van der Waals surface area contributed by atoms with Crippen LogP contribution in [0.5, 0.6) is 0 Å². The molecule has 1 amide bonds. The highest BCUT2D eigenvalue weighted by molar-refractivity contribution is 5.76. The third-order valence-corrected chi connectivity index (χ3v) is 4.02. The fourth-order valence-electron chi connectivity index (χ4n) is 2.65. The highest BCUT2D eigenvalue weighted by Gasteiger charge is 2.17. The molecule has 0 bridgehead atoms. The van der Waals surface area contributed by atoms with Crippen LogP contribution >= 0.6 is 0 Å². The number of aryl methyl sites for hydroxylation is 1. The zero-order chi connectivity index (χ0) is 19.2. The number of H-pyrrole nitrogens is 1. The number of aromatic nitrogens is 3. The molecule has 2 N–H and O–H groups in total. The molecule has 7 nitrogen and oxygen atoms in total. The Morgan fingerprint density at radius 1 is 1.07 bits per heavy atom. The van der Waals surface area contributed by atoms with Crippen molar-refractivity contribution in [3.8, 4) is 0 Å². The third kappa shape index (κ3) is 4.75. The van der Waals surface area contributed by atoms with Gasteiger partial charge >= 0.3 is 5.69 Å². The van der Waals surface area contributed by atoms with Crippen molar-refractivity contribution >= 4 is 5.91 Å². The molecule has 2 aromatic heterocycles. The van der Waals surface area contributed by atoms with Crippen molar-refractivity contribution in [1.82, 2.24) is 19.9 Å². The van der Waals surface area contributed by atoms with Crippen LogP contribution in [-0.4, -0.2) is 20.4 Å². The highest BCUT2D eigenvalue weighted by atomic mass is 19.1. The van der Waals surface area contributed by atoms with E-state index in [1.165, 1.54) is 29.0 Å². The van der Waals surface area contributed by atoms with Gasteiger partial charge in [-0.2, -0.15) is 0 Å². The van der Waals surface area contributed by atoms with Crippen LogP contribution in [0.4, 0.5) is 4.39 Å². The van der Waals surface area contributed by atoms with E-state index in [4.69, 9.17) is 0 Å². The minimum absolute atomic E-state index is 0.0364. The van der Waals surface area contributed by atoms with Crippen LogP contribution in [0.15, 0.2) is 70.6 Å². The molecule has 0 saturated heterocycles. The Balaban J connectivity index is 1.75. The second-order valence-corrected chi connectivity index (χ2v) is 5.89. The molecule has 27 heavy (non-hydrogen) atoms.